The van der Waals surface area contributed by atoms with Crippen LogP contribution >= 0.6 is 0 Å². The topological polar surface area (TPSA) is 88.9 Å². The molecule has 0 bridgehead atoms. The molecule has 182 valence electrons. The summed E-state index contributed by atoms with van der Waals surface area (Å²) in [6.45, 7) is 1.57. The summed E-state index contributed by atoms with van der Waals surface area (Å²) in [7, 11) is 4.13. The number of pyridine rings is 1. The Bertz CT molecular complexity index is 1570. The molecule has 0 spiro atoms. The molecule has 1 amide bonds. The van der Waals surface area contributed by atoms with Crippen LogP contribution in [0.15, 0.2) is 73.2 Å². The van der Waals surface area contributed by atoms with Gasteiger partial charge >= 0.3 is 0 Å². The van der Waals surface area contributed by atoms with Gasteiger partial charge in [-0.15, -0.1) is 0 Å². The second kappa shape index (κ2) is 8.73. The van der Waals surface area contributed by atoms with E-state index >= 15 is 0 Å². The molecule has 3 N–H and O–H groups in total. The van der Waals surface area contributed by atoms with Gasteiger partial charge in [-0.05, 0) is 74.6 Å². The molecule has 0 aliphatic carbocycles. The normalized spacial score (nSPS) is 15.9. The lowest BCUT2D eigenvalue weighted by atomic mass is 10.1. The van der Waals surface area contributed by atoms with E-state index in [-0.39, 0.29) is 11.8 Å². The van der Waals surface area contributed by atoms with Crippen molar-refractivity contribution in [1.29, 1.82) is 0 Å². The van der Waals surface area contributed by atoms with E-state index in [2.05, 4.69) is 40.3 Å². The van der Waals surface area contributed by atoms with E-state index in [1.54, 1.807) is 12.4 Å². The molecular formula is C28H28N6O2. The predicted molar refractivity (Wildman–Crippen MR) is 142 cm³/mol. The Kier molecular flexibility index (Phi) is 5.38. The number of carbonyl (C=O) groups excluding carboxylic acids is 1. The number of nitrogens with one attached hydrogen (secondary N) is 2. The summed E-state index contributed by atoms with van der Waals surface area (Å²) < 4.78 is 2.04. The van der Waals surface area contributed by atoms with Crippen molar-refractivity contribution in [3.8, 4) is 17.1 Å². The maximum Gasteiger partial charge on any atom is 0.253 e. The standard InChI is InChI=1S/C28H28N6O2/c1-32(2)22-11-13-33(17-22)28(36)18-3-6-21(7-4-18)31-24-9-10-25(34-14-12-29-26(24)34)19-5-8-23-20(15-19)16-30-27(23)35/h3-10,12,14-16,22,30-31,35H,11,13,17H2,1-2H3. The molecule has 1 saturated heterocycles. The van der Waals surface area contributed by atoms with Crippen LogP contribution in [0.2, 0.25) is 0 Å². The zero-order chi connectivity index (χ0) is 24.8. The second-order valence-electron chi connectivity index (χ2n) is 9.55. The van der Waals surface area contributed by atoms with Crippen LogP contribution in [0, 0.1) is 0 Å². The summed E-state index contributed by atoms with van der Waals surface area (Å²) in [6.07, 6.45) is 6.53. The Hall–Kier alpha value is -4.30. The van der Waals surface area contributed by atoms with Crippen molar-refractivity contribution in [2.24, 2.45) is 0 Å². The third-order valence-corrected chi connectivity index (χ3v) is 7.11. The maximum absolute atomic E-state index is 12.9. The molecule has 5 aromatic rings. The third-order valence-electron chi connectivity index (χ3n) is 7.11. The minimum Gasteiger partial charge on any atom is -0.494 e. The van der Waals surface area contributed by atoms with Crippen molar-refractivity contribution < 1.29 is 9.90 Å². The number of likely N-dealkylation sites (N-methyl/N-ethyl adjacent to an activating group) is 1. The molecule has 1 atom stereocenters. The zero-order valence-corrected chi connectivity index (χ0v) is 20.3. The number of aromatic nitrogens is 3. The number of fused-ring (bicyclic) bond motifs is 2. The number of hydrogen-bond donors (Lipinski definition) is 3. The first kappa shape index (κ1) is 22.2. The highest BCUT2D eigenvalue weighted by atomic mass is 16.3. The second-order valence-corrected chi connectivity index (χ2v) is 9.55. The Labute approximate surface area is 208 Å². The van der Waals surface area contributed by atoms with Crippen molar-refractivity contribution in [3.05, 3.63) is 78.8 Å². The molecule has 36 heavy (non-hydrogen) atoms. The quantitative estimate of drug-likeness (QED) is 0.339. The number of imidazole rings is 1. The Morgan fingerprint density at radius 1 is 1.14 bits per heavy atom. The zero-order valence-electron chi connectivity index (χ0n) is 20.3. The number of nitrogens with zero attached hydrogens (tertiary/aromatic N) is 4. The van der Waals surface area contributed by atoms with Gasteiger partial charge in [-0.25, -0.2) is 4.98 Å². The van der Waals surface area contributed by atoms with Crippen LogP contribution in [0.5, 0.6) is 5.88 Å². The fourth-order valence-electron chi connectivity index (χ4n) is 5.01. The van der Waals surface area contributed by atoms with E-state index in [4.69, 9.17) is 0 Å². The number of amides is 1. The SMILES string of the molecule is CN(C)C1CCN(C(=O)c2ccc(Nc3ccc(-c4ccc5c(O)[nH]cc5c4)n4ccnc34)cc2)C1. The van der Waals surface area contributed by atoms with E-state index in [9.17, 15) is 9.90 Å². The molecule has 1 aliphatic rings. The van der Waals surface area contributed by atoms with Crippen molar-refractivity contribution in [2.75, 3.05) is 32.5 Å². The number of aromatic amines is 1. The van der Waals surface area contributed by atoms with Crippen LogP contribution in [0.1, 0.15) is 16.8 Å². The number of aromatic hydroxyl groups is 1. The fraction of sp³-hybridized carbons (Fsp3) is 0.214. The van der Waals surface area contributed by atoms with Crippen LogP contribution in [0.3, 0.4) is 0 Å². The van der Waals surface area contributed by atoms with Gasteiger partial charge in [0.05, 0.1) is 11.4 Å². The van der Waals surface area contributed by atoms with E-state index in [1.165, 1.54) is 0 Å². The Morgan fingerprint density at radius 3 is 2.75 bits per heavy atom. The van der Waals surface area contributed by atoms with Gasteiger partial charge in [-0.1, -0.05) is 6.07 Å². The number of rotatable bonds is 5. The molecule has 0 radical (unpaired) electrons. The molecule has 1 fully saturated rings. The van der Waals surface area contributed by atoms with Gasteiger partial charge in [0, 0.05) is 59.7 Å². The van der Waals surface area contributed by atoms with Gasteiger partial charge in [0.15, 0.2) is 11.5 Å². The van der Waals surface area contributed by atoms with Crippen LogP contribution < -0.4 is 5.32 Å². The summed E-state index contributed by atoms with van der Waals surface area (Å²) in [5.74, 6) is 0.258. The lowest BCUT2D eigenvalue weighted by Gasteiger charge is -2.20. The van der Waals surface area contributed by atoms with E-state index in [0.29, 0.717) is 11.6 Å². The summed E-state index contributed by atoms with van der Waals surface area (Å²) in [6, 6.07) is 18.1. The molecule has 1 aliphatic heterocycles. The minimum atomic E-state index is 0.0820. The molecule has 1 unspecified atom stereocenters. The molecule has 4 heterocycles. The summed E-state index contributed by atoms with van der Waals surface area (Å²) in [4.78, 5) is 24.5. The molecular weight excluding hydrogens is 452 g/mol. The van der Waals surface area contributed by atoms with Gasteiger partial charge < -0.3 is 25.2 Å². The average molecular weight is 481 g/mol. The van der Waals surface area contributed by atoms with Crippen LogP contribution in [-0.4, -0.2) is 68.4 Å². The van der Waals surface area contributed by atoms with Crippen LogP contribution in [0.4, 0.5) is 11.4 Å². The maximum atomic E-state index is 12.9. The largest absolute Gasteiger partial charge is 0.494 e. The van der Waals surface area contributed by atoms with Crippen LogP contribution in [0.25, 0.3) is 27.7 Å². The van der Waals surface area contributed by atoms with Crippen molar-refractivity contribution >= 4 is 33.7 Å². The molecule has 2 aromatic carbocycles. The van der Waals surface area contributed by atoms with Gasteiger partial charge in [-0.2, -0.15) is 0 Å². The Balaban J connectivity index is 1.23. The highest BCUT2D eigenvalue weighted by Gasteiger charge is 2.28. The van der Waals surface area contributed by atoms with Crippen molar-refractivity contribution in [1.82, 2.24) is 24.2 Å². The molecule has 8 nitrogen and oxygen atoms in total. The lowest BCUT2D eigenvalue weighted by Crippen LogP contribution is -2.34. The summed E-state index contributed by atoms with van der Waals surface area (Å²) in [5.41, 5.74) is 5.29. The number of benzene rings is 2. The smallest absolute Gasteiger partial charge is 0.253 e. The van der Waals surface area contributed by atoms with E-state index in [1.807, 2.05) is 64.0 Å². The van der Waals surface area contributed by atoms with Gasteiger partial charge in [0.2, 0.25) is 0 Å². The molecule has 8 heteroatoms. The number of H-pyrrole nitrogens is 1. The number of anilines is 2. The van der Waals surface area contributed by atoms with E-state index in [0.717, 1.165) is 58.6 Å². The van der Waals surface area contributed by atoms with Gasteiger partial charge in [-0.3, -0.25) is 9.20 Å². The highest BCUT2D eigenvalue weighted by molar-refractivity contribution is 5.95. The van der Waals surface area contributed by atoms with Crippen LogP contribution in [-0.2, 0) is 0 Å². The number of carbonyl (C=O) groups is 1. The predicted octanol–water partition coefficient (Wildman–Crippen LogP) is 4.71. The first-order chi connectivity index (χ1) is 17.5. The Morgan fingerprint density at radius 2 is 1.97 bits per heavy atom. The lowest BCUT2D eigenvalue weighted by molar-refractivity contribution is 0.0783. The number of likely N-dealkylation sites (tertiary alicyclic amines) is 1. The molecule has 0 saturated carbocycles. The summed E-state index contributed by atoms with van der Waals surface area (Å²) in [5, 5.41) is 15.1. The van der Waals surface area contributed by atoms with E-state index < -0.39 is 0 Å². The van der Waals surface area contributed by atoms with Gasteiger partial charge in [0.1, 0.15) is 0 Å². The highest BCUT2D eigenvalue weighted by Crippen LogP contribution is 2.31. The van der Waals surface area contributed by atoms with Crippen molar-refractivity contribution in [2.45, 2.75) is 12.5 Å². The van der Waals surface area contributed by atoms with Crippen molar-refractivity contribution in [3.63, 3.8) is 0 Å². The first-order valence-electron chi connectivity index (χ1n) is 12.1. The first-order valence-corrected chi connectivity index (χ1v) is 12.1. The number of hydrogen-bond acceptors (Lipinski definition) is 5. The van der Waals surface area contributed by atoms with Gasteiger partial charge in [0.25, 0.3) is 5.91 Å². The summed E-state index contributed by atoms with van der Waals surface area (Å²) >= 11 is 0. The minimum absolute atomic E-state index is 0.0820. The fourth-order valence-corrected chi connectivity index (χ4v) is 5.01. The monoisotopic (exact) mass is 480 g/mol. The average Bonchev–Trinajstić information content (AvgIpc) is 3.65. The third kappa shape index (κ3) is 3.85. The molecule has 3 aromatic heterocycles. The molecule has 6 rings (SSSR count).